The quantitative estimate of drug-likeness (QED) is 0.811. The van der Waals surface area contributed by atoms with Gasteiger partial charge in [0.2, 0.25) is 0 Å². The Bertz CT molecular complexity index is 456. The van der Waals surface area contributed by atoms with Crippen LogP contribution in [0.3, 0.4) is 0 Å². The van der Waals surface area contributed by atoms with Gasteiger partial charge in [0.05, 0.1) is 16.9 Å². The number of carbonyl (C=O) groups is 1. The molecule has 0 atom stereocenters. The predicted octanol–water partition coefficient (Wildman–Crippen LogP) is 1.83. The topological polar surface area (TPSA) is 75.8 Å². The van der Waals surface area contributed by atoms with E-state index in [1.165, 1.54) is 0 Å². The minimum absolute atomic E-state index is 0.259. The smallest absolute Gasteiger partial charge is 0.337 e. The molecule has 3 N–H and O–H groups in total. The van der Waals surface area contributed by atoms with E-state index in [1.807, 2.05) is 11.9 Å². The Hall–Kier alpha value is -1.75. The van der Waals surface area contributed by atoms with E-state index in [-0.39, 0.29) is 5.56 Å². The number of para-hydroxylation sites is 1. The van der Waals surface area contributed by atoms with Crippen LogP contribution in [0.5, 0.6) is 0 Å². The molecule has 1 aliphatic heterocycles. The second kappa shape index (κ2) is 5.93. The molecule has 19 heavy (non-hydrogen) atoms. The monoisotopic (exact) mass is 264 g/mol. The summed E-state index contributed by atoms with van der Waals surface area (Å²) in [6.45, 7) is 2.38. The molecule has 0 unspecified atom stereocenters. The molecular weight excluding hydrogens is 244 g/mol. The minimum atomic E-state index is -0.943. The van der Waals surface area contributed by atoms with E-state index in [0.29, 0.717) is 17.3 Å². The summed E-state index contributed by atoms with van der Waals surface area (Å²) in [4.78, 5) is 13.2. The van der Waals surface area contributed by atoms with Crippen molar-refractivity contribution in [3.8, 4) is 0 Å². The highest BCUT2D eigenvalue weighted by atomic mass is 16.5. The van der Waals surface area contributed by atoms with Crippen molar-refractivity contribution in [1.82, 2.24) is 0 Å². The predicted molar refractivity (Wildman–Crippen MR) is 74.6 cm³/mol. The number of ether oxygens (including phenoxy) is 1. The molecule has 0 aliphatic carbocycles. The van der Waals surface area contributed by atoms with E-state index < -0.39 is 5.97 Å². The maximum atomic E-state index is 11.3. The van der Waals surface area contributed by atoms with Gasteiger partial charge in [-0.1, -0.05) is 6.07 Å². The Morgan fingerprint density at radius 1 is 1.47 bits per heavy atom. The molecule has 0 aromatic heterocycles. The molecule has 1 aliphatic rings. The number of nitrogen functional groups attached to an aromatic ring is 1. The van der Waals surface area contributed by atoms with Crippen LogP contribution in [0.1, 0.15) is 23.2 Å². The van der Waals surface area contributed by atoms with E-state index in [1.54, 1.807) is 18.2 Å². The maximum Gasteiger partial charge on any atom is 0.337 e. The maximum absolute atomic E-state index is 11.3. The normalized spacial score (nSPS) is 16.3. The van der Waals surface area contributed by atoms with Gasteiger partial charge in [0.25, 0.3) is 0 Å². The van der Waals surface area contributed by atoms with Gasteiger partial charge in [-0.25, -0.2) is 4.79 Å². The van der Waals surface area contributed by atoms with Crippen LogP contribution in [0.15, 0.2) is 18.2 Å². The van der Waals surface area contributed by atoms with Gasteiger partial charge in [-0.15, -0.1) is 0 Å². The largest absolute Gasteiger partial charge is 0.478 e. The Morgan fingerprint density at radius 2 is 2.16 bits per heavy atom. The van der Waals surface area contributed by atoms with Crippen LogP contribution in [0, 0.1) is 5.92 Å². The third-order valence-electron chi connectivity index (χ3n) is 3.55. The van der Waals surface area contributed by atoms with Crippen LogP contribution >= 0.6 is 0 Å². The lowest BCUT2D eigenvalue weighted by Crippen LogP contribution is -2.31. The molecule has 2 rings (SSSR count). The molecule has 1 fully saturated rings. The summed E-state index contributed by atoms with van der Waals surface area (Å²) >= 11 is 0. The number of carboxylic acids is 1. The van der Waals surface area contributed by atoms with Crippen molar-refractivity contribution in [1.29, 1.82) is 0 Å². The molecule has 1 aromatic rings. The third-order valence-corrected chi connectivity index (χ3v) is 3.55. The van der Waals surface area contributed by atoms with E-state index >= 15 is 0 Å². The standard InChI is InChI=1S/C14H20N2O3/c1-16(9-10-5-7-19-8-6-10)13-11(14(17)18)3-2-4-12(13)15/h2-4,10H,5-9,15H2,1H3,(H,17,18). The van der Waals surface area contributed by atoms with Crippen molar-refractivity contribution < 1.29 is 14.6 Å². The molecule has 0 amide bonds. The first-order valence-electron chi connectivity index (χ1n) is 6.50. The lowest BCUT2D eigenvalue weighted by molar-refractivity contribution is 0.0678. The van der Waals surface area contributed by atoms with Gasteiger partial charge in [-0.05, 0) is 30.9 Å². The van der Waals surface area contributed by atoms with Crippen molar-refractivity contribution in [2.45, 2.75) is 12.8 Å². The van der Waals surface area contributed by atoms with Crippen LogP contribution in [-0.4, -0.2) is 37.9 Å². The van der Waals surface area contributed by atoms with Crippen molar-refractivity contribution in [2.75, 3.05) is 37.4 Å². The number of rotatable bonds is 4. The summed E-state index contributed by atoms with van der Waals surface area (Å²) in [5, 5.41) is 9.24. The van der Waals surface area contributed by atoms with E-state index in [0.717, 1.165) is 32.6 Å². The summed E-state index contributed by atoms with van der Waals surface area (Å²) in [6.07, 6.45) is 2.03. The lowest BCUT2D eigenvalue weighted by atomic mass is 9.99. The Morgan fingerprint density at radius 3 is 2.79 bits per heavy atom. The number of aromatic carboxylic acids is 1. The molecule has 0 bridgehead atoms. The highest BCUT2D eigenvalue weighted by molar-refractivity contribution is 5.97. The van der Waals surface area contributed by atoms with Crippen LogP contribution in [-0.2, 0) is 4.74 Å². The molecule has 1 aromatic carbocycles. The fourth-order valence-corrected chi connectivity index (χ4v) is 2.57. The first-order chi connectivity index (χ1) is 9.09. The average molecular weight is 264 g/mol. The van der Waals surface area contributed by atoms with Gasteiger partial charge in [0, 0.05) is 26.8 Å². The Balaban J connectivity index is 2.17. The molecule has 0 spiro atoms. The molecule has 5 heteroatoms. The molecule has 5 nitrogen and oxygen atoms in total. The van der Waals surface area contributed by atoms with E-state index in [9.17, 15) is 9.90 Å². The van der Waals surface area contributed by atoms with Crippen LogP contribution < -0.4 is 10.6 Å². The highest BCUT2D eigenvalue weighted by Crippen LogP contribution is 2.29. The Labute approximate surface area is 113 Å². The summed E-state index contributed by atoms with van der Waals surface area (Å²) in [6, 6.07) is 5.00. The zero-order chi connectivity index (χ0) is 13.8. The second-order valence-corrected chi connectivity index (χ2v) is 4.98. The molecule has 1 saturated heterocycles. The summed E-state index contributed by atoms with van der Waals surface area (Å²) in [5.74, 6) is -0.416. The third kappa shape index (κ3) is 3.17. The zero-order valence-electron chi connectivity index (χ0n) is 11.1. The van der Waals surface area contributed by atoms with Crippen molar-refractivity contribution in [2.24, 2.45) is 5.92 Å². The van der Waals surface area contributed by atoms with Crippen molar-refractivity contribution in [3.63, 3.8) is 0 Å². The molecule has 0 saturated carbocycles. The van der Waals surface area contributed by atoms with Gasteiger partial charge >= 0.3 is 5.97 Å². The zero-order valence-corrected chi connectivity index (χ0v) is 11.1. The van der Waals surface area contributed by atoms with E-state index in [2.05, 4.69) is 0 Å². The molecule has 104 valence electrons. The first kappa shape index (κ1) is 13.7. The number of anilines is 2. The van der Waals surface area contributed by atoms with Gasteiger partial charge in [0.15, 0.2) is 0 Å². The van der Waals surface area contributed by atoms with Crippen molar-refractivity contribution >= 4 is 17.3 Å². The molecule has 0 radical (unpaired) electrons. The number of nitrogens with two attached hydrogens (primary N) is 1. The van der Waals surface area contributed by atoms with Gasteiger partial charge in [0.1, 0.15) is 0 Å². The number of hydrogen-bond acceptors (Lipinski definition) is 4. The highest BCUT2D eigenvalue weighted by Gasteiger charge is 2.20. The molecule has 1 heterocycles. The average Bonchev–Trinajstić information content (AvgIpc) is 2.39. The fraction of sp³-hybridized carbons (Fsp3) is 0.500. The summed E-state index contributed by atoms with van der Waals surface area (Å²) in [7, 11) is 1.90. The van der Waals surface area contributed by atoms with Crippen LogP contribution in [0.4, 0.5) is 11.4 Å². The van der Waals surface area contributed by atoms with Gasteiger partial charge in [-0.3, -0.25) is 0 Å². The van der Waals surface area contributed by atoms with Gasteiger partial charge < -0.3 is 20.5 Å². The van der Waals surface area contributed by atoms with Gasteiger partial charge in [-0.2, -0.15) is 0 Å². The number of nitrogens with zero attached hydrogens (tertiary/aromatic N) is 1. The first-order valence-corrected chi connectivity index (χ1v) is 6.50. The number of carboxylic acid groups (broad SMARTS) is 1. The van der Waals surface area contributed by atoms with Crippen LogP contribution in [0.25, 0.3) is 0 Å². The summed E-state index contributed by atoms with van der Waals surface area (Å²) in [5.41, 5.74) is 7.32. The minimum Gasteiger partial charge on any atom is -0.478 e. The molecular formula is C14H20N2O3. The van der Waals surface area contributed by atoms with Crippen LogP contribution in [0.2, 0.25) is 0 Å². The lowest BCUT2D eigenvalue weighted by Gasteiger charge is -2.29. The summed E-state index contributed by atoms with van der Waals surface area (Å²) < 4.78 is 5.34. The SMILES string of the molecule is CN(CC1CCOCC1)c1c(N)cccc1C(=O)O. The number of hydrogen-bond donors (Lipinski definition) is 2. The second-order valence-electron chi connectivity index (χ2n) is 4.98. The van der Waals surface area contributed by atoms with E-state index in [4.69, 9.17) is 10.5 Å². The van der Waals surface area contributed by atoms with Crippen molar-refractivity contribution in [3.05, 3.63) is 23.8 Å². The number of benzene rings is 1. The fourth-order valence-electron chi connectivity index (χ4n) is 2.57. The Kier molecular flexibility index (Phi) is 4.27.